The van der Waals surface area contributed by atoms with Gasteiger partial charge in [0, 0.05) is 6.42 Å². The quantitative estimate of drug-likeness (QED) is 0.213. The molecule has 2 aliphatic heterocycles. The number of aliphatic hydroxyl groups excluding tert-OH is 1. The summed E-state index contributed by atoms with van der Waals surface area (Å²) in [6.45, 7) is 6.38. The van der Waals surface area contributed by atoms with E-state index in [1.165, 1.54) is 32.4 Å². The number of hydrogen-bond donors (Lipinski definition) is 6. The van der Waals surface area contributed by atoms with E-state index < -0.39 is 65.8 Å². The monoisotopic (exact) mass is 661 g/mol. The average Bonchev–Trinajstić information content (AvgIpc) is 3.60. The molecule has 2 aromatic carbocycles. The van der Waals surface area contributed by atoms with Crippen LogP contribution < -0.4 is 31.3 Å². The molecule has 13 heteroatoms. The number of benzene rings is 2. The first-order valence-corrected chi connectivity index (χ1v) is 15.9. The molecule has 6 atom stereocenters. The third kappa shape index (κ3) is 9.91. The molecule has 2 bridgehead atoms. The van der Waals surface area contributed by atoms with E-state index >= 15 is 0 Å². The van der Waals surface area contributed by atoms with E-state index in [2.05, 4.69) is 26.6 Å². The summed E-state index contributed by atoms with van der Waals surface area (Å²) in [6.07, 6.45) is 1.77. The van der Waals surface area contributed by atoms with Gasteiger partial charge >= 0.3 is 0 Å². The predicted molar refractivity (Wildman–Crippen MR) is 176 cm³/mol. The van der Waals surface area contributed by atoms with Crippen LogP contribution in [0.5, 0.6) is 5.75 Å². The van der Waals surface area contributed by atoms with E-state index in [1.54, 1.807) is 38.1 Å². The first kappa shape index (κ1) is 35.7. The van der Waals surface area contributed by atoms with Crippen molar-refractivity contribution in [2.24, 2.45) is 5.92 Å². The highest BCUT2D eigenvalue weighted by molar-refractivity contribution is 5.99. The minimum atomic E-state index is -1.44. The summed E-state index contributed by atoms with van der Waals surface area (Å²) < 4.78 is 11.1. The molecule has 0 spiro atoms. The summed E-state index contributed by atoms with van der Waals surface area (Å²) in [7, 11) is 0. The lowest BCUT2D eigenvalue weighted by Gasteiger charge is -2.29. The van der Waals surface area contributed by atoms with E-state index in [1.807, 2.05) is 30.3 Å². The average molecular weight is 662 g/mol. The second-order valence-corrected chi connectivity index (χ2v) is 12.3. The minimum Gasteiger partial charge on any atom is -0.491 e. The third-order valence-electron chi connectivity index (χ3n) is 7.95. The highest BCUT2D eigenvalue weighted by Crippen LogP contribution is 2.16. The Hall–Kier alpha value is -5.17. The van der Waals surface area contributed by atoms with Gasteiger partial charge in [-0.2, -0.15) is 0 Å². The van der Waals surface area contributed by atoms with E-state index in [-0.39, 0.29) is 24.5 Å². The van der Waals surface area contributed by atoms with Crippen LogP contribution in [0.4, 0.5) is 0 Å². The van der Waals surface area contributed by atoms with Crippen molar-refractivity contribution < 1.29 is 38.2 Å². The van der Waals surface area contributed by atoms with Gasteiger partial charge in [-0.25, -0.2) is 0 Å². The van der Waals surface area contributed by atoms with Gasteiger partial charge < -0.3 is 40.8 Å². The van der Waals surface area contributed by atoms with Crippen LogP contribution >= 0.6 is 0 Å². The van der Waals surface area contributed by atoms with Crippen LogP contribution in [0.25, 0.3) is 0 Å². The van der Waals surface area contributed by atoms with Gasteiger partial charge in [0.25, 0.3) is 5.91 Å². The topological polar surface area (TPSA) is 188 Å². The fourth-order valence-corrected chi connectivity index (χ4v) is 5.18. The minimum absolute atomic E-state index is 0.0754. The predicted octanol–water partition coefficient (Wildman–Crippen LogP) is 1.25. The zero-order valence-electron chi connectivity index (χ0n) is 27.4. The molecule has 48 heavy (non-hydrogen) atoms. The van der Waals surface area contributed by atoms with Gasteiger partial charge in [-0.15, -0.1) is 0 Å². The van der Waals surface area contributed by atoms with Crippen LogP contribution in [0.1, 0.15) is 49.2 Å². The highest BCUT2D eigenvalue weighted by atomic mass is 16.5. The Labute approximate surface area is 279 Å². The number of fused-ring (bicyclic) bond motifs is 17. The van der Waals surface area contributed by atoms with Crippen LogP contribution in [-0.2, 0) is 32.0 Å². The summed E-state index contributed by atoms with van der Waals surface area (Å²) in [5, 5.41) is 23.9. The maximum Gasteiger partial charge on any atom is 0.255 e. The molecule has 0 saturated carbocycles. The second kappa shape index (κ2) is 16.6. The third-order valence-corrected chi connectivity index (χ3v) is 7.95. The summed E-state index contributed by atoms with van der Waals surface area (Å²) in [4.78, 5) is 66.5. The molecule has 3 aromatic rings. The van der Waals surface area contributed by atoms with Crippen molar-refractivity contribution in [1.29, 1.82) is 0 Å². The van der Waals surface area contributed by atoms with Gasteiger partial charge in [-0.1, -0.05) is 56.3 Å². The fraction of sp³-hybridized carbons (Fsp3) is 0.400. The van der Waals surface area contributed by atoms with E-state index in [0.717, 1.165) is 5.56 Å². The van der Waals surface area contributed by atoms with Gasteiger partial charge in [-0.05, 0) is 55.5 Å². The molecule has 256 valence electrons. The lowest BCUT2D eigenvalue weighted by Crippen LogP contribution is -2.61. The SMILES string of the molecule is CC(C)[C@H]1NC(=O)[C@H]([C@@H](C)O)NC(=O)[C@@H](C)NC(=O)[C@@H](NC(=O)c2ccoc2)Cc2ccc(cc2)OC[C@H](Cc2ccccc2)NC1=O. The molecule has 1 aromatic heterocycles. The molecule has 0 unspecified atom stereocenters. The Bertz CT molecular complexity index is 1540. The number of carbonyl (C=O) groups excluding carboxylic acids is 5. The molecule has 5 amide bonds. The Morgan fingerprint density at radius 2 is 1.52 bits per heavy atom. The van der Waals surface area contributed by atoms with Crippen LogP contribution in [0.2, 0.25) is 0 Å². The summed E-state index contributed by atoms with van der Waals surface area (Å²) >= 11 is 0. The molecule has 3 heterocycles. The van der Waals surface area contributed by atoms with Crippen molar-refractivity contribution in [1.82, 2.24) is 26.6 Å². The van der Waals surface area contributed by atoms with Gasteiger partial charge in [0.15, 0.2) is 0 Å². The molecular formula is C35H43N5O8. The van der Waals surface area contributed by atoms with Crippen molar-refractivity contribution in [2.45, 2.75) is 76.8 Å². The van der Waals surface area contributed by atoms with Crippen molar-refractivity contribution in [3.05, 3.63) is 89.9 Å². The Morgan fingerprint density at radius 3 is 2.15 bits per heavy atom. The van der Waals surface area contributed by atoms with Gasteiger partial charge in [0.2, 0.25) is 23.6 Å². The molecule has 0 radical (unpaired) electrons. The first-order chi connectivity index (χ1) is 22.9. The molecule has 13 nitrogen and oxygen atoms in total. The number of amides is 5. The maximum absolute atomic E-state index is 13.6. The number of aliphatic hydroxyl groups is 1. The molecule has 2 aliphatic rings. The lowest BCUT2D eigenvalue weighted by atomic mass is 10.0. The van der Waals surface area contributed by atoms with E-state index in [9.17, 15) is 29.1 Å². The Balaban J connectivity index is 1.65. The van der Waals surface area contributed by atoms with Crippen LogP contribution in [0.3, 0.4) is 0 Å². The zero-order valence-corrected chi connectivity index (χ0v) is 27.4. The Kier molecular flexibility index (Phi) is 12.3. The second-order valence-electron chi connectivity index (χ2n) is 12.3. The number of hydrogen-bond acceptors (Lipinski definition) is 8. The van der Waals surface area contributed by atoms with Crippen LogP contribution in [0, 0.1) is 5.92 Å². The molecular weight excluding hydrogens is 618 g/mol. The first-order valence-electron chi connectivity index (χ1n) is 15.9. The largest absolute Gasteiger partial charge is 0.491 e. The number of rotatable bonds is 6. The van der Waals surface area contributed by atoms with Gasteiger partial charge in [-0.3, -0.25) is 24.0 Å². The van der Waals surface area contributed by atoms with Crippen molar-refractivity contribution >= 4 is 29.5 Å². The van der Waals surface area contributed by atoms with Crippen molar-refractivity contribution in [3.63, 3.8) is 0 Å². The maximum atomic E-state index is 13.6. The molecule has 0 saturated heterocycles. The molecule has 0 fully saturated rings. The van der Waals surface area contributed by atoms with Crippen molar-refractivity contribution in [3.8, 4) is 5.75 Å². The number of furan rings is 1. The highest BCUT2D eigenvalue weighted by Gasteiger charge is 2.34. The molecule has 6 N–H and O–H groups in total. The van der Waals surface area contributed by atoms with Crippen LogP contribution in [0.15, 0.2) is 77.6 Å². The van der Waals surface area contributed by atoms with Gasteiger partial charge in [0.05, 0.1) is 24.0 Å². The number of nitrogens with one attached hydrogen (secondary N) is 5. The summed E-state index contributed by atoms with van der Waals surface area (Å²) in [5.41, 5.74) is 1.88. The van der Waals surface area contributed by atoms with Crippen LogP contribution in [-0.4, -0.2) is 77.6 Å². The zero-order chi connectivity index (χ0) is 34.8. The lowest BCUT2D eigenvalue weighted by molar-refractivity contribution is -0.136. The molecule has 5 rings (SSSR count). The standard InChI is InChI=1S/C35H43N5O8/c1-20(2)29-34(45)37-26(16-23-8-6-5-7-9-23)19-48-27-12-10-24(11-13-27)17-28(38-32(43)25-14-15-47-18-25)33(44)36-21(3)31(42)40-30(22(4)41)35(46)39-29/h5-15,18,20-22,26,28-30,41H,16-17,19H2,1-4H3,(H,36,44)(H,37,45)(H,38,43)(H,39,46)(H,40,42)/t21-,22-,26+,28+,29-,30+/m1/s1. The van der Waals surface area contributed by atoms with E-state index in [4.69, 9.17) is 9.15 Å². The summed E-state index contributed by atoms with van der Waals surface area (Å²) in [5.74, 6) is -3.02. The Morgan fingerprint density at radius 1 is 0.854 bits per heavy atom. The molecule has 0 aliphatic carbocycles. The number of carbonyl (C=O) groups is 5. The fourth-order valence-electron chi connectivity index (χ4n) is 5.18. The summed E-state index contributed by atoms with van der Waals surface area (Å²) in [6, 6.07) is 12.8. The normalized spacial score (nSPS) is 23.6. The van der Waals surface area contributed by atoms with Gasteiger partial charge in [0.1, 0.15) is 42.8 Å². The van der Waals surface area contributed by atoms with Crippen molar-refractivity contribution in [2.75, 3.05) is 6.61 Å². The smallest absolute Gasteiger partial charge is 0.255 e. The number of ether oxygens (including phenoxy) is 1. The van der Waals surface area contributed by atoms with E-state index in [0.29, 0.717) is 17.7 Å².